The van der Waals surface area contributed by atoms with Crippen LogP contribution >= 0.6 is 0 Å². The molecule has 0 aliphatic carbocycles. The molecule has 1 amide bonds. The van der Waals surface area contributed by atoms with E-state index in [0.29, 0.717) is 17.8 Å². The second kappa shape index (κ2) is 5.16. The van der Waals surface area contributed by atoms with Gasteiger partial charge in [-0.3, -0.25) is 4.79 Å². The maximum Gasteiger partial charge on any atom is 0.337 e. The average Bonchev–Trinajstić information content (AvgIpc) is 2.27. The van der Waals surface area contributed by atoms with E-state index in [1.165, 1.54) is 25.3 Å². The third kappa shape index (κ3) is 2.73. The van der Waals surface area contributed by atoms with Gasteiger partial charge in [-0.1, -0.05) is 0 Å². The molecule has 0 saturated carbocycles. The standard InChI is InChI=1S/C11H14N2O3/c1-3-13-10(14)7-4-8(11(15)16-2)6-9(12)5-7/h4-6H,3,12H2,1-2H3,(H,13,14). The predicted molar refractivity (Wildman–Crippen MR) is 60.2 cm³/mol. The first-order valence-electron chi connectivity index (χ1n) is 4.85. The van der Waals surface area contributed by atoms with E-state index in [-0.39, 0.29) is 11.5 Å². The van der Waals surface area contributed by atoms with Crippen molar-refractivity contribution < 1.29 is 14.3 Å². The molecule has 0 heterocycles. The van der Waals surface area contributed by atoms with Crippen LogP contribution in [0.25, 0.3) is 0 Å². The second-order valence-corrected chi connectivity index (χ2v) is 3.19. The highest BCUT2D eigenvalue weighted by Gasteiger charge is 2.11. The summed E-state index contributed by atoms with van der Waals surface area (Å²) in [7, 11) is 1.28. The lowest BCUT2D eigenvalue weighted by molar-refractivity contribution is 0.0601. The highest BCUT2D eigenvalue weighted by atomic mass is 16.5. The third-order valence-electron chi connectivity index (χ3n) is 1.98. The van der Waals surface area contributed by atoms with Gasteiger partial charge in [-0.2, -0.15) is 0 Å². The Morgan fingerprint density at radius 2 is 1.94 bits per heavy atom. The maximum absolute atomic E-state index is 11.5. The minimum atomic E-state index is -0.516. The number of carbonyl (C=O) groups excluding carboxylic acids is 2. The van der Waals surface area contributed by atoms with E-state index in [2.05, 4.69) is 10.1 Å². The number of benzene rings is 1. The van der Waals surface area contributed by atoms with E-state index >= 15 is 0 Å². The summed E-state index contributed by atoms with van der Waals surface area (Å²) in [5.41, 5.74) is 6.57. The molecule has 0 aliphatic rings. The second-order valence-electron chi connectivity index (χ2n) is 3.19. The number of nitrogens with two attached hydrogens (primary N) is 1. The first-order valence-corrected chi connectivity index (χ1v) is 4.85. The van der Waals surface area contributed by atoms with E-state index in [1.807, 2.05) is 6.92 Å². The van der Waals surface area contributed by atoms with Gasteiger partial charge in [0, 0.05) is 17.8 Å². The summed E-state index contributed by atoms with van der Waals surface area (Å²) in [6, 6.07) is 4.43. The van der Waals surface area contributed by atoms with Crippen molar-refractivity contribution in [3.05, 3.63) is 29.3 Å². The Morgan fingerprint density at radius 3 is 2.50 bits per heavy atom. The fourth-order valence-corrected chi connectivity index (χ4v) is 1.28. The van der Waals surface area contributed by atoms with Gasteiger partial charge in [0.2, 0.25) is 0 Å². The number of ether oxygens (including phenoxy) is 1. The highest BCUT2D eigenvalue weighted by Crippen LogP contribution is 2.13. The summed E-state index contributed by atoms with van der Waals surface area (Å²) in [5.74, 6) is -0.780. The number of nitrogen functional groups attached to an aromatic ring is 1. The minimum absolute atomic E-state index is 0.264. The number of hydrogen-bond donors (Lipinski definition) is 2. The van der Waals surface area contributed by atoms with Crippen LogP contribution < -0.4 is 11.1 Å². The topological polar surface area (TPSA) is 81.4 Å². The van der Waals surface area contributed by atoms with Crippen molar-refractivity contribution in [3.63, 3.8) is 0 Å². The zero-order valence-electron chi connectivity index (χ0n) is 9.24. The Kier molecular flexibility index (Phi) is 3.88. The molecule has 0 saturated heterocycles. The van der Waals surface area contributed by atoms with Gasteiger partial charge in [-0.15, -0.1) is 0 Å². The van der Waals surface area contributed by atoms with E-state index in [1.54, 1.807) is 0 Å². The Balaban J connectivity index is 3.07. The number of methoxy groups -OCH3 is 1. The molecule has 0 fully saturated rings. The molecule has 86 valence electrons. The van der Waals surface area contributed by atoms with Crippen molar-refractivity contribution in [2.24, 2.45) is 0 Å². The van der Waals surface area contributed by atoms with Crippen LogP contribution in [0.3, 0.4) is 0 Å². The lowest BCUT2D eigenvalue weighted by atomic mass is 10.1. The minimum Gasteiger partial charge on any atom is -0.465 e. The largest absolute Gasteiger partial charge is 0.465 e. The van der Waals surface area contributed by atoms with E-state index < -0.39 is 5.97 Å². The molecule has 0 spiro atoms. The van der Waals surface area contributed by atoms with Gasteiger partial charge in [0.1, 0.15) is 0 Å². The van der Waals surface area contributed by atoms with Gasteiger partial charge in [0.15, 0.2) is 0 Å². The molecule has 0 bridgehead atoms. The zero-order valence-corrected chi connectivity index (χ0v) is 9.24. The number of nitrogens with one attached hydrogen (secondary N) is 1. The van der Waals surface area contributed by atoms with Crippen molar-refractivity contribution in [1.82, 2.24) is 5.32 Å². The summed E-state index contributed by atoms with van der Waals surface area (Å²) in [5, 5.41) is 2.63. The summed E-state index contributed by atoms with van der Waals surface area (Å²) in [6.07, 6.45) is 0. The molecule has 3 N–H and O–H groups in total. The smallest absolute Gasteiger partial charge is 0.337 e. The molecule has 0 radical (unpaired) electrons. The third-order valence-corrected chi connectivity index (χ3v) is 1.98. The molecule has 1 aromatic carbocycles. The molecule has 5 nitrogen and oxygen atoms in total. The number of hydrogen-bond acceptors (Lipinski definition) is 4. The molecule has 0 atom stereocenters. The molecular weight excluding hydrogens is 208 g/mol. The number of anilines is 1. The average molecular weight is 222 g/mol. The van der Waals surface area contributed by atoms with Crippen LogP contribution in [0.2, 0.25) is 0 Å². The van der Waals surface area contributed by atoms with Crippen molar-refractivity contribution >= 4 is 17.6 Å². The van der Waals surface area contributed by atoms with Gasteiger partial charge < -0.3 is 15.8 Å². The lowest BCUT2D eigenvalue weighted by Gasteiger charge is -2.06. The highest BCUT2D eigenvalue weighted by molar-refractivity contribution is 5.99. The summed E-state index contributed by atoms with van der Waals surface area (Å²) < 4.78 is 4.56. The Hall–Kier alpha value is -2.04. The Bertz CT molecular complexity index is 416. The fraction of sp³-hybridized carbons (Fsp3) is 0.273. The first-order chi connectivity index (χ1) is 7.58. The van der Waals surface area contributed by atoms with Crippen LogP contribution in [0.1, 0.15) is 27.6 Å². The van der Waals surface area contributed by atoms with Gasteiger partial charge in [-0.05, 0) is 25.1 Å². The quantitative estimate of drug-likeness (QED) is 0.585. The normalized spacial score (nSPS) is 9.62. The SMILES string of the molecule is CCNC(=O)c1cc(N)cc(C(=O)OC)c1. The summed E-state index contributed by atoms with van der Waals surface area (Å²) in [6.45, 7) is 2.33. The number of carbonyl (C=O) groups is 2. The van der Waals surface area contributed by atoms with Crippen molar-refractivity contribution in [1.29, 1.82) is 0 Å². The van der Waals surface area contributed by atoms with E-state index in [0.717, 1.165) is 0 Å². The lowest BCUT2D eigenvalue weighted by Crippen LogP contribution is -2.23. The first kappa shape index (κ1) is 12.0. The van der Waals surface area contributed by atoms with Crippen LogP contribution in [0.15, 0.2) is 18.2 Å². The van der Waals surface area contributed by atoms with E-state index in [9.17, 15) is 9.59 Å². The zero-order chi connectivity index (χ0) is 12.1. The van der Waals surface area contributed by atoms with Crippen molar-refractivity contribution in [3.8, 4) is 0 Å². The van der Waals surface area contributed by atoms with Gasteiger partial charge in [0.05, 0.1) is 12.7 Å². The predicted octanol–water partition coefficient (Wildman–Crippen LogP) is 0.805. The van der Waals surface area contributed by atoms with Crippen molar-refractivity contribution in [2.45, 2.75) is 6.92 Å². The number of esters is 1. The van der Waals surface area contributed by atoms with Crippen LogP contribution in [0.4, 0.5) is 5.69 Å². The van der Waals surface area contributed by atoms with Gasteiger partial charge in [0.25, 0.3) is 5.91 Å². The number of amides is 1. The van der Waals surface area contributed by atoms with Crippen LogP contribution in [-0.2, 0) is 4.74 Å². The molecule has 1 aromatic rings. The monoisotopic (exact) mass is 222 g/mol. The van der Waals surface area contributed by atoms with Gasteiger partial charge in [-0.25, -0.2) is 4.79 Å². The molecule has 16 heavy (non-hydrogen) atoms. The molecule has 0 unspecified atom stereocenters. The van der Waals surface area contributed by atoms with Crippen molar-refractivity contribution in [2.75, 3.05) is 19.4 Å². The maximum atomic E-state index is 11.5. The molecule has 1 rings (SSSR count). The Morgan fingerprint density at radius 1 is 1.31 bits per heavy atom. The summed E-state index contributed by atoms with van der Waals surface area (Å²) in [4.78, 5) is 22.8. The van der Waals surface area contributed by atoms with E-state index in [4.69, 9.17) is 5.73 Å². The van der Waals surface area contributed by atoms with Crippen LogP contribution in [0, 0.1) is 0 Å². The fourth-order valence-electron chi connectivity index (χ4n) is 1.28. The van der Waals surface area contributed by atoms with Crippen LogP contribution in [-0.4, -0.2) is 25.5 Å². The Labute approximate surface area is 93.6 Å². The molecule has 5 heteroatoms. The number of rotatable bonds is 3. The summed E-state index contributed by atoms with van der Waals surface area (Å²) >= 11 is 0. The molecular formula is C11H14N2O3. The van der Waals surface area contributed by atoms with Gasteiger partial charge >= 0.3 is 5.97 Å². The molecule has 0 aliphatic heterocycles. The van der Waals surface area contributed by atoms with Crippen LogP contribution in [0.5, 0.6) is 0 Å². The molecule has 0 aromatic heterocycles.